The summed E-state index contributed by atoms with van der Waals surface area (Å²) >= 11 is 6.29. The first-order valence-corrected chi connectivity index (χ1v) is 9.02. The minimum atomic E-state index is -0.172. The molecule has 26 heavy (non-hydrogen) atoms. The van der Waals surface area contributed by atoms with Gasteiger partial charge in [-0.1, -0.05) is 18.5 Å². The lowest BCUT2D eigenvalue weighted by Gasteiger charge is -2.23. The Balaban J connectivity index is 1.65. The predicted octanol–water partition coefficient (Wildman–Crippen LogP) is 1.93. The number of ether oxygens (including phenoxy) is 3. The third-order valence-electron chi connectivity index (χ3n) is 4.73. The maximum Gasteiger partial charge on any atom is 0.310 e. The number of fused-ring (bicyclic) bond motifs is 1. The van der Waals surface area contributed by atoms with Crippen molar-refractivity contribution in [3.63, 3.8) is 0 Å². The molecule has 2 aliphatic heterocycles. The number of aliphatic imine (C=N–C) groups is 1. The van der Waals surface area contributed by atoms with Crippen molar-refractivity contribution in [3.05, 3.63) is 22.7 Å². The second-order valence-electron chi connectivity index (χ2n) is 6.51. The number of esters is 1. The Morgan fingerprint density at radius 3 is 2.88 bits per heavy atom. The Morgan fingerprint density at radius 1 is 1.38 bits per heavy atom. The van der Waals surface area contributed by atoms with Crippen LogP contribution >= 0.6 is 11.6 Å². The van der Waals surface area contributed by atoms with E-state index in [2.05, 4.69) is 22.1 Å². The fraction of sp³-hybridized carbons (Fsp3) is 0.556. The summed E-state index contributed by atoms with van der Waals surface area (Å²) in [6.07, 6.45) is 0. The molecule has 1 N–H and O–H groups in total. The van der Waals surface area contributed by atoms with Gasteiger partial charge in [0.1, 0.15) is 13.2 Å². The van der Waals surface area contributed by atoms with Gasteiger partial charge in [0.2, 0.25) is 0 Å². The highest BCUT2D eigenvalue weighted by atomic mass is 35.5. The van der Waals surface area contributed by atoms with Crippen molar-refractivity contribution < 1.29 is 19.0 Å². The molecule has 8 heteroatoms. The van der Waals surface area contributed by atoms with Gasteiger partial charge in [0.15, 0.2) is 17.5 Å². The molecule has 2 atom stereocenters. The van der Waals surface area contributed by atoms with Crippen molar-refractivity contribution in [3.8, 4) is 11.5 Å². The molecule has 1 saturated heterocycles. The number of carbonyl (C=O) groups excluding carboxylic acids is 1. The van der Waals surface area contributed by atoms with Crippen LogP contribution in [-0.4, -0.2) is 57.3 Å². The van der Waals surface area contributed by atoms with Crippen LogP contribution in [0.2, 0.25) is 5.02 Å². The molecule has 0 aliphatic carbocycles. The van der Waals surface area contributed by atoms with E-state index in [4.69, 9.17) is 25.8 Å². The Labute approximate surface area is 158 Å². The predicted molar refractivity (Wildman–Crippen MR) is 98.9 cm³/mol. The molecule has 142 valence electrons. The Kier molecular flexibility index (Phi) is 5.76. The molecule has 2 unspecified atom stereocenters. The highest BCUT2D eigenvalue weighted by Crippen LogP contribution is 2.38. The molecular formula is C18H24ClN3O4. The first-order chi connectivity index (χ1) is 12.5. The average Bonchev–Trinajstić information content (AvgIpc) is 3.03. The first kappa shape index (κ1) is 18.6. The molecule has 2 aliphatic rings. The highest BCUT2D eigenvalue weighted by Gasteiger charge is 2.36. The number of likely N-dealkylation sites (tertiary alicyclic amines) is 1. The smallest absolute Gasteiger partial charge is 0.310 e. The quantitative estimate of drug-likeness (QED) is 0.490. The van der Waals surface area contributed by atoms with Crippen LogP contribution in [0.15, 0.2) is 17.1 Å². The molecule has 0 aromatic heterocycles. The molecule has 0 bridgehead atoms. The summed E-state index contributed by atoms with van der Waals surface area (Å²) in [5, 5.41) is 3.87. The minimum absolute atomic E-state index is 0.137. The molecular weight excluding hydrogens is 358 g/mol. The van der Waals surface area contributed by atoms with E-state index in [0.29, 0.717) is 42.8 Å². The topological polar surface area (TPSA) is 72.4 Å². The zero-order chi connectivity index (χ0) is 18.7. The molecule has 0 saturated carbocycles. The van der Waals surface area contributed by atoms with Crippen LogP contribution in [-0.2, 0) is 16.1 Å². The lowest BCUT2D eigenvalue weighted by molar-refractivity contribution is -0.145. The maximum atomic E-state index is 11.9. The van der Waals surface area contributed by atoms with Crippen LogP contribution in [0.3, 0.4) is 0 Å². The summed E-state index contributed by atoms with van der Waals surface area (Å²) in [5.74, 6) is 1.91. The molecule has 1 aromatic rings. The number of hydrogen-bond donors (Lipinski definition) is 1. The monoisotopic (exact) mass is 381 g/mol. The number of hydrogen-bond acceptors (Lipinski definition) is 5. The van der Waals surface area contributed by atoms with Gasteiger partial charge in [-0.3, -0.25) is 9.79 Å². The van der Waals surface area contributed by atoms with E-state index in [0.717, 1.165) is 18.1 Å². The number of nitrogens with zero attached hydrogens (tertiary/aromatic N) is 2. The van der Waals surface area contributed by atoms with Crippen molar-refractivity contribution in [2.75, 3.05) is 40.5 Å². The van der Waals surface area contributed by atoms with Crippen molar-refractivity contribution >= 4 is 23.5 Å². The van der Waals surface area contributed by atoms with Gasteiger partial charge in [-0.15, -0.1) is 0 Å². The number of carbonyl (C=O) groups is 1. The molecule has 1 fully saturated rings. The first-order valence-electron chi connectivity index (χ1n) is 8.65. The average molecular weight is 382 g/mol. The Bertz CT molecular complexity index is 710. The molecule has 1 aromatic carbocycles. The fourth-order valence-corrected chi connectivity index (χ4v) is 3.67. The maximum absolute atomic E-state index is 11.9. The summed E-state index contributed by atoms with van der Waals surface area (Å²) < 4.78 is 16.1. The van der Waals surface area contributed by atoms with Crippen LogP contribution in [0.5, 0.6) is 11.5 Å². The Hall–Kier alpha value is -2.15. The second kappa shape index (κ2) is 8.03. The van der Waals surface area contributed by atoms with Crippen LogP contribution in [0.4, 0.5) is 0 Å². The molecule has 2 heterocycles. The normalized spacial score (nSPS) is 22.3. The zero-order valence-electron chi connectivity index (χ0n) is 15.3. The van der Waals surface area contributed by atoms with Crippen LogP contribution in [0, 0.1) is 11.8 Å². The van der Waals surface area contributed by atoms with Gasteiger partial charge in [-0.05, 0) is 23.6 Å². The molecule has 0 radical (unpaired) electrons. The van der Waals surface area contributed by atoms with E-state index in [-0.39, 0.29) is 17.8 Å². The van der Waals surface area contributed by atoms with Gasteiger partial charge in [0.25, 0.3) is 0 Å². The number of rotatable bonds is 3. The fourth-order valence-electron chi connectivity index (χ4n) is 3.38. The number of halogens is 1. The number of methoxy groups -OCH3 is 1. The Morgan fingerprint density at radius 2 is 2.15 bits per heavy atom. The minimum Gasteiger partial charge on any atom is -0.486 e. The number of guanidine groups is 1. The zero-order valence-corrected chi connectivity index (χ0v) is 16.0. The van der Waals surface area contributed by atoms with Crippen LogP contribution < -0.4 is 14.8 Å². The third-order valence-corrected chi connectivity index (χ3v) is 5.02. The standard InChI is InChI=1S/C18H24ClN3O4/c1-11-9-22(10-13(11)17(23)24-3)18(20-2)21-8-12-6-14(19)16-15(7-12)25-4-5-26-16/h6-7,11,13H,4-5,8-10H2,1-3H3,(H,20,21). The van der Waals surface area contributed by atoms with Crippen LogP contribution in [0.1, 0.15) is 12.5 Å². The van der Waals surface area contributed by atoms with Crippen molar-refractivity contribution in [2.24, 2.45) is 16.8 Å². The van der Waals surface area contributed by atoms with Gasteiger partial charge in [-0.2, -0.15) is 0 Å². The van der Waals surface area contributed by atoms with E-state index >= 15 is 0 Å². The summed E-state index contributed by atoms with van der Waals surface area (Å²) in [6, 6.07) is 3.78. The largest absolute Gasteiger partial charge is 0.486 e. The third kappa shape index (κ3) is 3.82. The van der Waals surface area contributed by atoms with Gasteiger partial charge in [-0.25, -0.2) is 0 Å². The second-order valence-corrected chi connectivity index (χ2v) is 6.92. The summed E-state index contributed by atoms with van der Waals surface area (Å²) in [7, 11) is 3.16. The van der Waals surface area contributed by atoms with Gasteiger partial charge in [0.05, 0.1) is 18.1 Å². The van der Waals surface area contributed by atoms with Gasteiger partial charge < -0.3 is 24.4 Å². The lowest BCUT2D eigenvalue weighted by Crippen LogP contribution is -2.40. The highest BCUT2D eigenvalue weighted by molar-refractivity contribution is 6.32. The van der Waals surface area contributed by atoms with E-state index in [1.807, 2.05) is 12.1 Å². The number of benzene rings is 1. The lowest BCUT2D eigenvalue weighted by atomic mass is 9.99. The molecule has 0 spiro atoms. The van der Waals surface area contributed by atoms with Gasteiger partial charge >= 0.3 is 5.97 Å². The van der Waals surface area contributed by atoms with Gasteiger partial charge in [0, 0.05) is 26.7 Å². The molecule has 7 nitrogen and oxygen atoms in total. The summed E-state index contributed by atoms with van der Waals surface area (Å²) in [6.45, 7) is 4.96. The molecule has 0 amide bonds. The molecule has 3 rings (SSSR count). The van der Waals surface area contributed by atoms with E-state index in [9.17, 15) is 4.79 Å². The van der Waals surface area contributed by atoms with E-state index < -0.39 is 0 Å². The van der Waals surface area contributed by atoms with Crippen LogP contribution in [0.25, 0.3) is 0 Å². The van der Waals surface area contributed by atoms with Crippen molar-refractivity contribution in [2.45, 2.75) is 13.5 Å². The van der Waals surface area contributed by atoms with E-state index in [1.165, 1.54) is 7.11 Å². The summed E-state index contributed by atoms with van der Waals surface area (Å²) in [4.78, 5) is 18.3. The number of nitrogens with one attached hydrogen (secondary N) is 1. The van der Waals surface area contributed by atoms with Crippen molar-refractivity contribution in [1.82, 2.24) is 10.2 Å². The van der Waals surface area contributed by atoms with E-state index in [1.54, 1.807) is 7.05 Å². The SMILES string of the molecule is CN=C(NCc1cc(Cl)c2c(c1)OCCO2)N1CC(C)C(C(=O)OC)C1. The van der Waals surface area contributed by atoms with Crippen molar-refractivity contribution in [1.29, 1.82) is 0 Å². The summed E-state index contributed by atoms with van der Waals surface area (Å²) in [5.41, 5.74) is 0.970.